The van der Waals surface area contributed by atoms with Crippen molar-refractivity contribution in [2.75, 3.05) is 18.5 Å². The van der Waals surface area contributed by atoms with Crippen LogP contribution in [0.3, 0.4) is 0 Å². The number of nitrogens with one attached hydrogen (secondary N) is 1. The minimum absolute atomic E-state index is 0.0816. The van der Waals surface area contributed by atoms with Crippen molar-refractivity contribution in [1.29, 1.82) is 0 Å². The molecular weight excluding hydrogens is 276 g/mol. The number of fused-ring (bicyclic) bond motifs is 2. The van der Waals surface area contributed by atoms with Crippen LogP contribution in [0.5, 0.6) is 11.5 Å². The van der Waals surface area contributed by atoms with Crippen LogP contribution in [-0.4, -0.2) is 24.1 Å². The third-order valence-corrected chi connectivity index (χ3v) is 4.37. The van der Waals surface area contributed by atoms with Gasteiger partial charge in [0.1, 0.15) is 0 Å². The third-order valence-electron chi connectivity index (χ3n) is 3.44. The average Bonchev–Trinajstić information content (AvgIpc) is 3.22. The molecule has 104 valence electrons. The highest BCUT2D eigenvalue weighted by molar-refractivity contribution is 7.22. The zero-order valence-electron chi connectivity index (χ0n) is 10.8. The van der Waals surface area contributed by atoms with Gasteiger partial charge < -0.3 is 14.8 Å². The van der Waals surface area contributed by atoms with Gasteiger partial charge in [0.15, 0.2) is 16.6 Å². The fourth-order valence-corrected chi connectivity index (χ4v) is 3.07. The predicted molar refractivity (Wildman–Crippen MR) is 76.6 cm³/mol. The highest BCUT2D eigenvalue weighted by Crippen LogP contribution is 2.38. The predicted octanol–water partition coefficient (Wildman–Crippen LogP) is 2.81. The van der Waals surface area contributed by atoms with Crippen LogP contribution in [0.2, 0.25) is 0 Å². The standard InChI is InChI=1S/C14H14N2O3S/c17-13(8-2-3-8)16-14-15-9-6-10-11(7-12(9)20-14)19-5-1-4-18-10/h6-8H,1-5H2,(H,15,16,17). The second kappa shape index (κ2) is 4.63. The quantitative estimate of drug-likeness (QED) is 0.924. The summed E-state index contributed by atoms with van der Waals surface area (Å²) in [5.74, 6) is 1.77. The molecule has 1 N–H and O–H groups in total. The van der Waals surface area contributed by atoms with E-state index < -0.39 is 0 Å². The van der Waals surface area contributed by atoms with E-state index >= 15 is 0 Å². The van der Waals surface area contributed by atoms with Gasteiger partial charge in [-0.15, -0.1) is 0 Å². The van der Waals surface area contributed by atoms with Gasteiger partial charge in [0.2, 0.25) is 5.91 Å². The monoisotopic (exact) mass is 290 g/mol. The minimum atomic E-state index is 0.0816. The molecular formula is C14H14N2O3S. The fraction of sp³-hybridized carbons (Fsp3) is 0.429. The minimum Gasteiger partial charge on any atom is -0.490 e. The maximum atomic E-state index is 11.8. The van der Waals surface area contributed by atoms with Crippen molar-refractivity contribution in [2.45, 2.75) is 19.3 Å². The summed E-state index contributed by atoms with van der Waals surface area (Å²) in [6, 6.07) is 3.83. The van der Waals surface area contributed by atoms with Crippen molar-refractivity contribution in [3.63, 3.8) is 0 Å². The third kappa shape index (κ3) is 2.20. The Labute approximate surface area is 119 Å². The Morgan fingerprint density at radius 1 is 1.25 bits per heavy atom. The van der Waals surface area contributed by atoms with E-state index in [0.717, 1.165) is 41.0 Å². The molecule has 1 aliphatic carbocycles. The largest absolute Gasteiger partial charge is 0.490 e. The van der Waals surface area contributed by atoms with Crippen LogP contribution in [-0.2, 0) is 4.79 Å². The summed E-state index contributed by atoms with van der Waals surface area (Å²) < 4.78 is 12.3. The van der Waals surface area contributed by atoms with Crippen molar-refractivity contribution < 1.29 is 14.3 Å². The molecule has 1 amide bonds. The second-order valence-corrected chi connectivity index (χ2v) is 6.13. The molecule has 2 aliphatic rings. The van der Waals surface area contributed by atoms with Gasteiger partial charge in [0, 0.05) is 24.5 Å². The molecule has 20 heavy (non-hydrogen) atoms. The van der Waals surface area contributed by atoms with Crippen molar-refractivity contribution in [3.05, 3.63) is 12.1 Å². The first-order chi connectivity index (χ1) is 9.79. The summed E-state index contributed by atoms with van der Waals surface area (Å²) in [7, 11) is 0. The number of amides is 1. The molecule has 4 rings (SSSR count). The van der Waals surface area contributed by atoms with Gasteiger partial charge in [-0.25, -0.2) is 4.98 Å². The van der Waals surface area contributed by atoms with Gasteiger partial charge in [-0.2, -0.15) is 0 Å². The first kappa shape index (κ1) is 12.0. The number of hydrogen-bond acceptors (Lipinski definition) is 5. The zero-order valence-corrected chi connectivity index (χ0v) is 11.7. The molecule has 0 saturated heterocycles. The maximum Gasteiger partial charge on any atom is 0.229 e. The fourth-order valence-electron chi connectivity index (χ4n) is 2.19. The molecule has 1 aromatic carbocycles. The molecule has 1 aromatic heterocycles. The number of hydrogen-bond donors (Lipinski definition) is 1. The van der Waals surface area contributed by atoms with Crippen molar-refractivity contribution in [1.82, 2.24) is 4.98 Å². The van der Waals surface area contributed by atoms with Crippen molar-refractivity contribution >= 4 is 32.6 Å². The SMILES string of the molecule is O=C(Nc1nc2cc3c(cc2s1)OCCCO3)C1CC1. The van der Waals surface area contributed by atoms with Crippen LogP contribution < -0.4 is 14.8 Å². The number of anilines is 1. The van der Waals surface area contributed by atoms with E-state index in [1.807, 2.05) is 12.1 Å². The number of ether oxygens (including phenoxy) is 2. The Bertz CT molecular complexity index is 635. The van der Waals surface area contributed by atoms with Crippen molar-refractivity contribution in [3.8, 4) is 11.5 Å². The first-order valence-electron chi connectivity index (χ1n) is 6.81. The topological polar surface area (TPSA) is 60.5 Å². The van der Waals surface area contributed by atoms with Crippen LogP contribution in [0.25, 0.3) is 10.2 Å². The Morgan fingerprint density at radius 3 is 2.75 bits per heavy atom. The molecule has 1 fully saturated rings. The number of nitrogens with zero attached hydrogens (tertiary/aromatic N) is 1. The van der Waals surface area contributed by atoms with Gasteiger partial charge in [-0.1, -0.05) is 11.3 Å². The number of carbonyl (C=O) groups is 1. The summed E-state index contributed by atoms with van der Waals surface area (Å²) in [6.45, 7) is 1.33. The highest BCUT2D eigenvalue weighted by atomic mass is 32.1. The lowest BCUT2D eigenvalue weighted by atomic mass is 10.3. The van der Waals surface area contributed by atoms with E-state index in [-0.39, 0.29) is 11.8 Å². The summed E-state index contributed by atoms with van der Waals surface area (Å²) in [5, 5.41) is 3.53. The molecule has 2 heterocycles. The first-order valence-corrected chi connectivity index (χ1v) is 7.62. The van der Waals surface area contributed by atoms with E-state index in [1.54, 1.807) is 0 Å². The number of thiazole rings is 1. The zero-order chi connectivity index (χ0) is 13.5. The molecule has 0 spiro atoms. The Hall–Kier alpha value is -1.82. The van der Waals surface area contributed by atoms with Crippen molar-refractivity contribution in [2.24, 2.45) is 5.92 Å². The van der Waals surface area contributed by atoms with Gasteiger partial charge in [-0.3, -0.25) is 4.79 Å². The molecule has 0 atom stereocenters. The molecule has 1 aliphatic heterocycles. The maximum absolute atomic E-state index is 11.8. The van der Waals surface area contributed by atoms with E-state index in [2.05, 4.69) is 10.3 Å². The Morgan fingerprint density at radius 2 is 2.00 bits per heavy atom. The van der Waals surface area contributed by atoms with E-state index in [0.29, 0.717) is 18.3 Å². The Kier molecular flexibility index (Phi) is 2.77. The normalized spacial score (nSPS) is 17.8. The second-order valence-electron chi connectivity index (χ2n) is 5.10. The number of carbonyl (C=O) groups excluding carboxylic acids is 1. The van der Waals surface area contributed by atoms with Gasteiger partial charge in [-0.05, 0) is 12.8 Å². The van der Waals surface area contributed by atoms with Crippen LogP contribution in [0.1, 0.15) is 19.3 Å². The lowest BCUT2D eigenvalue weighted by Crippen LogP contribution is -2.12. The molecule has 1 saturated carbocycles. The van der Waals surface area contributed by atoms with Gasteiger partial charge in [0.05, 0.1) is 23.4 Å². The number of aromatic nitrogens is 1. The van der Waals surface area contributed by atoms with Crippen LogP contribution >= 0.6 is 11.3 Å². The molecule has 0 radical (unpaired) electrons. The lowest BCUT2D eigenvalue weighted by Gasteiger charge is -2.05. The molecule has 5 nitrogen and oxygen atoms in total. The molecule has 6 heteroatoms. The molecule has 0 unspecified atom stereocenters. The molecule has 0 bridgehead atoms. The van der Waals surface area contributed by atoms with Crippen LogP contribution in [0.15, 0.2) is 12.1 Å². The van der Waals surface area contributed by atoms with Gasteiger partial charge >= 0.3 is 0 Å². The Balaban J connectivity index is 1.66. The lowest BCUT2D eigenvalue weighted by molar-refractivity contribution is -0.117. The summed E-state index contributed by atoms with van der Waals surface area (Å²) in [6.07, 6.45) is 2.87. The summed E-state index contributed by atoms with van der Waals surface area (Å²) in [4.78, 5) is 16.2. The highest BCUT2D eigenvalue weighted by Gasteiger charge is 2.30. The molecule has 2 aromatic rings. The van der Waals surface area contributed by atoms with Crippen LogP contribution in [0.4, 0.5) is 5.13 Å². The number of rotatable bonds is 2. The van der Waals surface area contributed by atoms with Gasteiger partial charge in [0.25, 0.3) is 0 Å². The smallest absolute Gasteiger partial charge is 0.229 e. The summed E-state index contributed by atoms with van der Waals surface area (Å²) in [5.41, 5.74) is 0.838. The van der Waals surface area contributed by atoms with E-state index in [9.17, 15) is 4.79 Å². The summed E-state index contributed by atoms with van der Waals surface area (Å²) >= 11 is 1.47. The van der Waals surface area contributed by atoms with Crippen LogP contribution in [0, 0.1) is 5.92 Å². The number of benzene rings is 1. The van der Waals surface area contributed by atoms with E-state index in [4.69, 9.17) is 9.47 Å². The average molecular weight is 290 g/mol. The van der Waals surface area contributed by atoms with E-state index in [1.165, 1.54) is 11.3 Å².